The molecule has 1 aliphatic heterocycles. The molecule has 0 spiro atoms. The van der Waals surface area contributed by atoms with E-state index in [1.54, 1.807) is 6.20 Å². The van der Waals surface area contributed by atoms with Crippen LogP contribution in [-0.2, 0) is 10.3 Å². The summed E-state index contributed by atoms with van der Waals surface area (Å²) < 4.78 is 1.84. The van der Waals surface area contributed by atoms with Crippen LogP contribution in [-0.4, -0.2) is 33.7 Å². The van der Waals surface area contributed by atoms with E-state index in [1.165, 1.54) is 0 Å². The molecule has 1 amide bonds. The fourth-order valence-electron chi connectivity index (χ4n) is 2.40. The van der Waals surface area contributed by atoms with Gasteiger partial charge in [-0.05, 0) is 31.7 Å². The smallest absolute Gasteiger partial charge is 0.250 e. The number of carbonyl (C=O) groups excluding carboxylic acids is 1. The molecule has 2 fully saturated rings. The monoisotopic (exact) mass is 205 g/mol. The molecule has 0 bridgehead atoms. The molecule has 0 unspecified atom stereocenters. The normalized spacial score (nSPS) is 23.1. The number of hydrogen-bond acceptors (Lipinski definition) is 2. The molecule has 2 heterocycles. The van der Waals surface area contributed by atoms with Gasteiger partial charge < -0.3 is 4.90 Å². The van der Waals surface area contributed by atoms with E-state index >= 15 is 0 Å². The molecule has 1 aliphatic carbocycles. The maximum atomic E-state index is 12.3. The molecule has 4 heteroatoms. The maximum absolute atomic E-state index is 12.3. The first-order valence-electron chi connectivity index (χ1n) is 5.62. The first kappa shape index (κ1) is 8.95. The summed E-state index contributed by atoms with van der Waals surface area (Å²) >= 11 is 0. The fraction of sp³-hybridized carbons (Fsp3) is 0.636. The van der Waals surface area contributed by atoms with Crippen molar-refractivity contribution in [1.29, 1.82) is 0 Å². The van der Waals surface area contributed by atoms with Gasteiger partial charge in [-0.15, -0.1) is 0 Å². The number of rotatable bonds is 2. The van der Waals surface area contributed by atoms with Crippen molar-refractivity contribution in [2.75, 3.05) is 13.1 Å². The van der Waals surface area contributed by atoms with E-state index in [1.807, 2.05) is 21.8 Å². The number of likely N-dealkylation sites (tertiary alicyclic amines) is 1. The molecule has 0 radical (unpaired) electrons. The van der Waals surface area contributed by atoms with Crippen LogP contribution in [0.2, 0.25) is 0 Å². The van der Waals surface area contributed by atoms with E-state index in [2.05, 4.69) is 5.10 Å². The molecule has 80 valence electrons. The van der Waals surface area contributed by atoms with E-state index in [-0.39, 0.29) is 11.4 Å². The lowest BCUT2D eigenvalue weighted by atomic mass is 10.2. The van der Waals surface area contributed by atoms with Gasteiger partial charge in [-0.25, -0.2) is 0 Å². The average Bonchev–Trinajstić information content (AvgIpc) is 2.78. The predicted molar refractivity (Wildman–Crippen MR) is 55.2 cm³/mol. The Labute approximate surface area is 88.9 Å². The van der Waals surface area contributed by atoms with Crippen LogP contribution >= 0.6 is 0 Å². The summed E-state index contributed by atoms with van der Waals surface area (Å²) in [5.74, 6) is 0.281. The summed E-state index contributed by atoms with van der Waals surface area (Å²) in [5, 5.41) is 4.21. The van der Waals surface area contributed by atoms with Gasteiger partial charge in [0.25, 0.3) is 5.91 Å². The number of hydrogen-bond donors (Lipinski definition) is 0. The predicted octanol–water partition coefficient (Wildman–Crippen LogP) is 0.995. The molecule has 1 aromatic heterocycles. The fourth-order valence-corrected chi connectivity index (χ4v) is 2.40. The molecule has 3 rings (SSSR count). The Hall–Kier alpha value is -1.32. The molecule has 4 nitrogen and oxygen atoms in total. The van der Waals surface area contributed by atoms with Crippen molar-refractivity contribution >= 4 is 5.91 Å². The van der Waals surface area contributed by atoms with Crippen molar-refractivity contribution in [1.82, 2.24) is 14.7 Å². The number of nitrogens with zero attached hydrogens (tertiary/aromatic N) is 3. The van der Waals surface area contributed by atoms with E-state index in [0.29, 0.717) is 0 Å². The Morgan fingerprint density at radius 2 is 2.00 bits per heavy atom. The minimum Gasteiger partial charge on any atom is -0.341 e. The van der Waals surface area contributed by atoms with Crippen molar-refractivity contribution in [2.24, 2.45) is 0 Å². The molecule has 2 aliphatic rings. The van der Waals surface area contributed by atoms with Crippen LogP contribution in [0.4, 0.5) is 0 Å². The van der Waals surface area contributed by atoms with Crippen molar-refractivity contribution < 1.29 is 4.79 Å². The summed E-state index contributed by atoms with van der Waals surface area (Å²) in [5.41, 5.74) is -0.312. The summed E-state index contributed by atoms with van der Waals surface area (Å²) in [6, 6.07) is 1.89. The molecule has 1 aromatic rings. The third kappa shape index (κ3) is 1.28. The molecule has 15 heavy (non-hydrogen) atoms. The molecule has 0 N–H and O–H groups in total. The van der Waals surface area contributed by atoms with Gasteiger partial charge in [0.05, 0.1) is 0 Å². The topological polar surface area (TPSA) is 38.1 Å². The second kappa shape index (κ2) is 3.08. The largest absolute Gasteiger partial charge is 0.341 e. The number of amides is 1. The second-order valence-corrected chi connectivity index (χ2v) is 4.48. The summed E-state index contributed by atoms with van der Waals surface area (Å²) in [6.07, 6.45) is 7.86. The Morgan fingerprint density at radius 3 is 2.53 bits per heavy atom. The minimum atomic E-state index is -0.312. The highest BCUT2D eigenvalue weighted by molar-refractivity contribution is 5.87. The summed E-state index contributed by atoms with van der Waals surface area (Å²) in [6.45, 7) is 1.86. The third-order valence-electron chi connectivity index (χ3n) is 3.46. The van der Waals surface area contributed by atoms with Crippen LogP contribution in [0.3, 0.4) is 0 Å². The molecule has 0 atom stereocenters. The second-order valence-electron chi connectivity index (χ2n) is 4.48. The van der Waals surface area contributed by atoms with Gasteiger partial charge in [0.1, 0.15) is 5.54 Å². The minimum absolute atomic E-state index is 0.281. The van der Waals surface area contributed by atoms with Crippen molar-refractivity contribution in [3.8, 4) is 0 Å². The van der Waals surface area contributed by atoms with Crippen LogP contribution in [0, 0.1) is 0 Å². The Bertz CT molecular complexity index is 361. The van der Waals surface area contributed by atoms with Gasteiger partial charge >= 0.3 is 0 Å². The molecular formula is C11H15N3O. The molecular weight excluding hydrogens is 190 g/mol. The summed E-state index contributed by atoms with van der Waals surface area (Å²) in [4.78, 5) is 14.3. The standard InChI is InChI=1S/C11H15N3O/c15-10(13-7-1-2-8-13)11(4-5-11)14-9-3-6-12-14/h3,6,9H,1-2,4-5,7-8H2. The van der Waals surface area contributed by atoms with Gasteiger partial charge in [0.2, 0.25) is 0 Å². The van der Waals surface area contributed by atoms with Gasteiger partial charge in [-0.3, -0.25) is 9.48 Å². The quantitative estimate of drug-likeness (QED) is 0.722. The van der Waals surface area contributed by atoms with Crippen molar-refractivity contribution in [2.45, 2.75) is 31.2 Å². The zero-order chi connectivity index (χ0) is 10.3. The first-order chi connectivity index (χ1) is 7.33. The third-order valence-corrected chi connectivity index (χ3v) is 3.46. The first-order valence-corrected chi connectivity index (χ1v) is 5.62. The number of carbonyl (C=O) groups is 1. The highest BCUT2D eigenvalue weighted by Crippen LogP contribution is 2.44. The van der Waals surface area contributed by atoms with Gasteiger partial charge in [0.15, 0.2) is 0 Å². The van der Waals surface area contributed by atoms with Crippen LogP contribution in [0.5, 0.6) is 0 Å². The van der Waals surface area contributed by atoms with Gasteiger partial charge in [-0.1, -0.05) is 0 Å². The highest BCUT2D eigenvalue weighted by atomic mass is 16.2. The van der Waals surface area contributed by atoms with E-state index in [4.69, 9.17) is 0 Å². The summed E-state index contributed by atoms with van der Waals surface area (Å²) in [7, 11) is 0. The Balaban J connectivity index is 1.84. The molecule has 1 saturated carbocycles. The maximum Gasteiger partial charge on any atom is 0.250 e. The van der Waals surface area contributed by atoms with Crippen molar-refractivity contribution in [3.63, 3.8) is 0 Å². The van der Waals surface area contributed by atoms with Crippen LogP contribution in [0.1, 0.15) is 25.7 Å². The van der Waals surface area contributed by atoms with Crippen LogP contribution in [0.25, 0.3) is 0 Å². The Morgan fingerprint density at radius 1 is 1.27 bits per heavy atom. The van der Waals surface area contributed by atoms with Gasteiger partial charge in [0, 0.05) is 25.5 Å². The molecule has 1 saturated heterocycles. The zero-order valence-electron chi connectivity index (χ0n) is 8.72. The van der Waals surface area contributed by atoms with Crippen LogP contribution in [0.15, 0.2) is 18.5 Å². The highest BCUT2D eigenvalue weighted by Gasteiger charge is 2.54. The SMILES string of the molecule is O=C(N1CCCC1)C1(n2cccn2)CC1. The lowest BCUT2D eigenvalue weighted by molar-refractivity contribution is -0.135. The molecule has 0 aromatic carbocycles. The van der Waals surface area contributed by atoms with Crippen molar-refractivity contribution in [3.05, 3.63) is 18.5 Å². The lowest BCUT2D eigenvalue weighted by Gasteiger charge is -2.22. The zero-order valence-corrected chi connectivity index (χ0v) is 8.72. The van der Waals surface area contributed by atoms with Crippen LogP contribution < -0.4 is 0 Å². The number of aromatic nitrogens is 2. The lowest BCUT2D eigenvalue weighted by Crippen LogP contribution is -2.40. The van der Waals surface area contributed by atoms with E-state index < -0.39 is 0 Å². The van der Waals surface area contributed by atoms with Gasteiger partial charge in [-0.2, -0.15) is 5.10 Å². The van der Waals surface area contributed by atoms with E-state index in [0.717, 1.165) is 38.8 Å². The Kier molecular flexibility index (Phi) is 1.84. The average molecular weight is 205 g/mol. The van der Waals surface area contributed by atoms with E-state index in [9.17, 15) is 4.79 Å².